The maximum Gasteiger partial charge on any atom is 0.189 e. The van der Waals surface area contributed by atoms with Gasteiger partial charge in [0.05, 0.1) is 0 Å². The van der Waals surface area contributed by atoms with Gasteiger partial charge >= 0.3 is 0 Å². The number of fused-ring (bicyclic) bond motifs is 2. The summed E-state index contributed by atoms with van der Waals surface area (Å²) in [5.41, 5.74) is 6.70. The van der Waals surface area contributed by atoms with E-state index in [1.807, 2.05) is 24.3 Å². The Morgan fingerprint density at radius 1 is 0.960 bits per heavy atom. The standard InChI is InChI=1S/C23H23NO/c1-23(2)19-10-6-7-11-20(19)24(3)21(23)15-14-17-13-12-16-8-4-5-9-18(16)22(17)25/h4-11,14-15H,12-13H2,1-3H3/b17-14+,21-15-. The number of allylic oxidation sites excluding steroid dienone is 4. The summed E-state index contributed by atoms with van der Waals surface area (Å²) in [5.74, 6) is 0.176. The van der Waals surface area contributed by atoms with Gasteiger partial charge in [0.25, 0.3) is 0 Å². The Hall–Kier alpha value is -2.61. The van der Waals surface area contributed by atoms with Crippen LogP contribution >= 0.6 is 0 Å². The number of para-hydroxylation sites is 1. The highest BCUT2D eigenvalue weighted by molar-refractivity contribution is 6.10. The van der Waals surface area contributed by atoms with Crippen LogP contribution in [-0.2, 0) is 11.8 Å². The lowest BCUT2D eigenvalue weighted by molar-refractivity contribution is 0.102. The Bertz CT molecular complexity index is 917. The number of likely N-dealkylation sites (N-methyl/N-ethyl adjacent to an activating group) is 1. The maximum absolute atomic E-state index is 12.8. The zero-order valence-corrected chi connectivity index (χ0v) is 15.0. The largest absolute Gasteiger partial charge is 0.347 e. The van der Waals surface area contributed by atoms with E-state index in [1.54, 1.807) is 0 Å². The van der Waals surface area contributed by atoms with Crippen molar-refractivity contribution in [2.75, 3.05) is 11.9 Å². The molecule has 2 nitrogen and oxygen atoms in total. The van der Waals surface area contributed by atoms with Gasteiger partial charge in [0.1, 0.15) is 0 Å². The fourth-order valence-corrected chi connectivity index (χ4v) is 4.16. The van der Waals surface area contributed by atoms with Crippen LogP contribution in [0.25, 0.3) is 0 Å². The molecule has 0 saturated heterocycles. The lowest BCUT2D eigenvalue weighted by atomic mass is 9.83. The van der Waals surface area contributed by atoms with Crippen LogP contribution < -0.4 is 4.90 Å². The number of nitrogens with zero attached hydrogens (tertiary/aromatic N) is 1. The second-order valence-electron chi connectivity index (χ2n) is 7.43. The van der Waals surface area contributed by atoms with Gasteiger partial charge in [-0.1, -0.05) is 62.4 Å². The van der Waals surface area contributed by atoms with E-state index < -0.39 is 0 Å². The van der Waals surface area contributed by atoms with Crippen molar-refractivity contribution in [3.05, 3.63) is 88.6 Å². The second-order valence-corrected chi connectivity index (χ2v) is 7.43. The molecule has 0 fully saturated rings. The molecule has 2 aliphatic rings. The molecule has 0 unspecified atom stereocenters. The first-order chi connectivity index (χ1) is 12.0. The summed E-state index contributed by atoms with van der Waals surface area (Å²) < 4.78 is 0. The third-order valence-corrected chi connectivity index (χ3v) is 5.60. The van der Waals surface area contributed by atoms with E-state index >= 15 is 0 Å². The van der Waals surface area contributed by atoms with Crippen LogP contribution in [0.1, 0.15) is 41.8 Å². The molecule has 0 N–H and O–H groups in total. The van der Waals surface area contributed by atoms with Crippen LogP contribution in [0.4, 0.5) is 5.69 Å². The fourth-order valence-electron chi connectivity index (χ4n) is 4.16. The molecule has 1 aliphatic heterocycles. The predicted molar refractivity (Wildman–Crippen MR) is 103 cm³/mol. The Kier molecular flexibility index (Phi) is 3.64. The molecule has 0 spiro atoms. The molecule has 0 saturated carbocycles. The summed E-state index contributed by atoms with van der Waals surface area (Å²) in [6.45, 7) is 4.50. The first kappa shape index (κ1) is 15.9. The van der Waals surface area contributed by atoms with Gasteiger partial charge in [-0.25, -0.2) is 0 Å². The lowest BCUT2D eigenvalue weighted by Gasteiger charge is -2.24. The number of aryl methyl sites for hydroxylation is 1. The molecule has 2 aromatic rings. The Morgan fingerprint density at radius 2 is 1.68 bits per heavy atom. The number of hydrogen-bond acceptors (Lipinski definition) is 2. The average molecular weight is 329 g/mol. The van der Waals surface area contributed by atoms with Crippen molar-refractivity contribution in [1.82, 2.24) is 0 Å². The van der Waals surface area contributed by atoms with E-state index in [1.165, 1.54) is 22.5 Å². The molecule has 2 aromatic carbocycles. The highest BCUT2D eigenvalue weighted by Crippen LogP contribution is 2.46. The molecule has 0 radical (unpaired) electrons. The number of Topliss-reactive ketones (excluding diaryl/α,β-unsaturated/α-hetero) is 1. The molecule has 0 bridgehead atoms. The summed E-state index contributed by atoms with van der Waals surface area (Å²) >= 11 is 0. The summed E-state index contributed by atoms with van der Waals surface area (Å²) in [6.07, 6.45) is 5.94. The molecule has 4 rings (SSSR count). The van der Waals surface area contributed by atoms with Crippen molar-refractivity contribution in [3.8, 4) is 0 Å². The monoisotopic (exact) mass is 329 g/mol. The van der Waals surface area contributed by atoms with Gasteiger partial charge in [0.2, 0.25) is 0 Å². The number of rotatable bonds is 1. The average Bonchev–Trinajstić information content (AvgIpc) is 2.82. The van der Waals surface area contributed by atoms with Crippen molar-refractivity contribution >= 4 is 11.5 Å². The minimum absolute atomic E-state index is 0.0575. The van der Waals surface area contributed by atoms with E-state index in [0.717, 1.165) is 24.0 Å². The van der Waals surface area contributed by atoms with Gasteiger partial charge in [0.15, 0.2) is 5.78 Å². The highest BCUT2D eigenvalue weighted by atomic mass is 16.1. The first-order valence-electron chi connectivity index (χ1n) is 8.87. The number of hydrogen-bond donors (Lipinski definition) is 0. The van der Waals surface area contributed by atoms with Gasteiger partial charge in [-0.15, -0.1) is 0 Å². The molecule has 0 atom stereocenters. The summed E-state index contributed by atoms with van der Waals surface area (Å²) in [6, 6.07) is 16.5. The van der Waals surface area contributed by atoms with Gasteiger partial charge in [-0.05, 0) is 36.1 Å². The molecule has 0 aromatic heterocycles. The zero-order valence-electron chi connectivity index (χ0n) is 15.0. The van der Waals surface area contributed by atoms with Crippen LogP contribution in [0.2, 0.25) is 0 Å². The minimum atomic E-state index is -0.0575. The predicted octanol–water partition coefficient (Wildman–Crippen LogP) is 5.05. The Balaban J connectivity index is 1.71. The second kappa shape index (κ2) is 5.73. The molecule has 2 heteroatoms. The lowest BCUT2D eigenvalue weighted by Crippen LogP contribution is -2.22. The smallest absolute Gasteiger partial charge is 0.189 e. The number of ketones is 1. The van der Waals surface area contributed by atoms with Crippen molar-refractivity contribution in [1.29, 1.82) is 0 Å². The van der Waals surface area contributed by atoms with E-state index in [2.05, 4.69) is 62.2 Å². The van der Waals surface area contributed by atoms with Gasteiger partial charge in [0, 0.05) is 35.0 Å². The van der Waals surface area contributed by atoms with Gasteiger partial charge in [-0.3, -0.25) is 4.79 Å². The van der Waals surface area contributed by atoms with Gasteiger partial charge < -0.3 is 4.90 Å². The molecule has 126 valence electrons. The normalized spacial score (nSPS) is 21.6. The van der Waals surface area contributed by atoms with E-state index in [9.17, 15) is 4.79 Å². The zero-order chi connectivity index (χ0) is 17.6. The van der Waals surface area contributed by atoms with E-state index in [-0.39, 0.29) is 11.2 Å². The minimum Gasteiger partial charge on any atom is -0.347 e. The summed E-state index contributed by atoms with van der Waals surface area (Å²) in [5, 5.41) is 0. The van der Waals surface area contributed by atoms with Gasteiger partial charge in [-0.2, -0.15) is 0 Å². The quantitative estimate of drug-likeness (QED) is 0.682. The number of benzene rings is 2. The number of anilines is 1. The Morgan fingerprint density at radius 3 is 2.48 bits per heavy atom. The molecular weight excluding hydrogens is 306 g/mol. The summed E-state index contributed by atoms with van der Waals surface area (Å²) in [4.78, 5) is 15.0. The Labute approximate surface area is 149 Å². The molecule has 1 heterocycles. The number of carbonyl (C=O) groups excluding carboxylic acids is 1. The van der Waals surface area contributed by atoms with E-state index in [0.29, 0.717) is 0 Å². The number of carbonyl (C=O) groups is 1. The van der Waals surface area contributed by atoms with Crippen LogP contribution in [0.15, 0.2) is 72.0 Å². The van der Waals surface area contributed by atoms with Crippen molar-refractivity contribution in [3.63, 3.8) is 0 Å². The van der Waals surface area contributed by atoms with Crippen LogP contribution in [0.3, 0.4) is 0 Å². The van der Waals surface area contributed by atoms with Crippen molar-refractivity contribution < 1.29 is 4.79 Å². The first-order valence-corrected chi connectivity index (χ1v) is 8.87. The van der Waals surface area contributed by atoms with Crippen molar-refractivity contribution in [2.45, 2.75) is 32.1 Å². The molecule has 25 heavy (non-hydrogen) atoms. The molecule has 1 aliphatic carbocycles. The highest BCUT2D eigenvalue weighted by Gasteiger charge is 2.37. The van der Waals surface area contributed by atoms with Crippen LogP contribution in [0, 0.1) is 0 Å². The van der Waals surface area contributed by atoms with Crippen molar-refractivity contribution in [2.24, 2.45) is 0 Å². The molecular formula is C23H23NO. The third-order valence-electron chi connectivity index (χ3n) is 5.60. The summed E-state index contributed by atoms with van der Waals surface area (Å²) in [7, 11) is 2.11. The topological polar surface area (TPSA) is 20.3 Å². The SMILES string of the molecule is CN1/C(=C\C=C2/CCc3ccccc3C2=O)C(C)(C)c2ccccc21. The maximum atomic E-state index is 12.8. The third kappa shape index (κ3) is 2.44. The molecule has 0 amide bonds. The van der Waals surface area contributed by atoms with Crippen LogP contribution in [-0.4, -0.2) is 12.8 Å². The fraction of sp³-hybridized carbons (Fsp3) is 0.261. The van der Waals surface area contributed by atoms with E-state index in [4.69, 9.17) is 0 Å². The van der Waals surface area contributed by atoms with Crippen LogP contribution in [0.5, 0.6) is 0 Å².